The smallest absolute Gasteiger partial charge is 0.339 e. The number of aliphatic hydroxyl groups is 1. The highest BCUT2D eigenvalue weighted by molar-refractivity contribution is 5.90. The number of aromatic hydroxyl groups is 1. The third-order valence-electron chi connectivity index (χ3n) is 3.20. The van der Waals surface area contributed by atoms with E-state index in [1.807, 2.05) is 58.2 Å². The summed E-state index contributed by atoms with van der Waals surface area (Å²) in [6, 6.07) is 15.6. The SMILES string of the molecule is CC.CNC(C)C(O)c1ccccc1.O=C(O)c1ccccc1O. The highest BCUT2D eigenvalue weighted by Gasteiger charge is 2.12. The van der Waals surface area contributed by atoms with Crippen molar-refractivity contribution in [3.63, 3.8) is 0 Å². The Morgan fingerprint density at radius 2 is 1.50 bits per heavy atom. The maximum Gasteiger partial charge on any atom is 0.339 e. The fraction of sp³-hybridized carbons (Fsp3) is 0.316. The molecule has 4 N–H and O–H groups in total. The number of carbonyl (C=O) groups is 1. The third kappa shape index (κ3) is 7.26. The van der Waals surface area contributed by atoms with Crippen LogP contribution in [0.2, 0.25) is 0 Å². The molecule has 2 atom stereocenters. The van der Waals surface area contributed by atoms with Crippen LogP contribution >= 0.6 is 0 Å². The molecule has 2 rings (SSSR count). The zero-order valence-corrected chi connectivity index (χ0v) is 14.6. The van der Waals surface area contributed by atoms with Gasteiger partial charge < -0.3 is 20.6 Å². The van der Waals surface area contributed by atoms with Crippen molar-refractivity contribution in [1.82, 2.24) is 5.32 Å². The lowest BCUT2D eigenvalue weighted by atomic mass is 10.0. The quantitative estimate of drug-likeness (QED) is 0.688. The maximum atomic E-state index is 10.3. The zero-order chi connectivity index (χ0) is 18.5. The van der Waals surface area contributed by atoms with Gasteiger partial charge in [-0.3, -0.25) is 0 Å². The molecule has 0 saturated heterocycles. The van der Waals surface area contributed by atoms with Crippen molar-refractivity contribution in [2.75, 3.05) is 7.05 Å². The first-order chi connectivity index (χ1) is 11.5. The van der Waals surface area contributed by atoms with Crippen LogP contribution in [0.4, 0.5) is 0 Å². The highest BCUT2D eigenvalue weighted by atomic mass is 16.4. The number of phenols is 1. The molecule has 5 heteroatoms. The first-order valence-electron chi connectivity index (χ1n) is 7.89. The van der Waals surface area contributed by atoms with E-state index in [-0.39, 0.29) is 17.4 Å². The molecular formula is C19H27NO4. The van der Waals surface area contributed by atoms with Gasteiger partial charge in [-0.05, 0) is 31.7 Å². The first-order valence-corrected chi connectivity index (χ1v) is 7.89. The number of aromatic carboxylic acids is 1. The van der Waals surface area contributed by atoms with Gasteiger partial charge in [-0.1, -0.05) is 56.3 Å². The summed E-state index contributed by atoms with van der Waals surface area (Å²) < 4.78 is 0. The molecule has 0 radical (unpaired) electrons. The van der Waals surface area contributed by atoms with Crippen LogP contribution in [0.3, 0.4) is 0 Å². The summed E-state index contributed by atoms with van der Waals surface area (Å²) in [6.45, 7) is 5.96. The van der Waals surface area contributed by atoms with Gasteiger partial charge in [0.2, 0.25) is 0 Å². The highest BCUT2D eigenvalue weighted by Crippen LogP contribution is 2.15. The molecule has 132 valence electrons. The minimum atomic E-state index is -1.11. The summed E-state index contributed by atoms with van der Waals surface area (Å²) in [6.07, 6.45) is -0.420. The molecule has 0 aliphatic heterocycles. The van der Waals surface area contributed by atoms with Gasteiger partial charge in [0.15, 0.2) is 0 Å². The molecule has 0 aromatic heterocycles. The fourth-order valence-electron chi connectivity index (χ4n) is 1.75. The second-order valence-corrected chi connectivity index (χ2v) is 4.76. The monoisotopic (exact) mass is 333 g/mol. The van der Waals surface area contributed by atoms with Gasteiger partial charge in [0, 0.05) is 6.04 Å². The Morgan fingerprint density at radius 3 is 1.92 bits per heavy atom. The lowest BCUT2D eigenvalue weighted by Gasteiger charge is -2.17. The largest absolute Gasteiger partial charge is 0.507 e. The molecule has 5 nitrogen and oxygen atoms in total. The summed E-state index contributed by atoms with van der Waals surface area (Å²) in [7, 11) is 1.84. The Morgan fingerprint density at radius 1 is 1.00 bits per heavy atom. The van der Waals surface area contributed by atoms with Crippen molar-refractivity contribution < 1.29 is 20.1 Å². The molecule has 2 aromatic carbocycles. The Labute approximate surface area is 143 Å². The van der Waals surface area contributed by atoms with E-state index in [4.69, 9.17) is 10.2 Å². The van der Waals surface area contributed by atoms with Crippen molar-refractivity contribution in [2.24, 2.45) is 0 Å². The topological polar surface area (TPSA) is 89.8 Å². The molecule has 2 aromatic rings. The first kappa shape index (κ1) is 21.6. The van der Waals surface area contributed by atoms with Crippen LogP contribution in [0.25, 0.3) is 0 Å². The number of carboxylic acids is 1. The number of aliphatic hydroxyl groups excluding tert-OH is 1. The Balaban J connectivity index is 0.000000405. The average molecular weight is 333 g/mol. The Hall–Kier alpha value is -2.37. The van der Waals surface area contributed by atoms with E-state index in [2.05, 4.69) is 5.32 Å². The number of likely N-dealkylation sites (N-methyl/N-ethyl adjacent to an activating group) is 1. The maximum absolute atomic E-state index is 10.3. The van der Waals surface area contributed by atoms with Crippen molar-refractivity contribution >= 4 is 5.97 Å². The second kappa shape index (κ2) is 12.1. The molecule has 0 aliphatic rings. The van der Waals surface area contributed by atoms with Crippen molar-refractivity contribution in [1.29, 1.82) is 0 Å². The zero-order valence-electron chi connectivity index (χ0n) is 14.6. The molecule has 2 unspecified atom stereocenters. The predicted molar refractivity (Wildman–Crippen MR) is 96.3 cm³/mol. The van der Waals surface area contributed by atoms with Gasteiger partial charge in [-0.25, -0.2) is 4.79 Å². The average Bonchev–Trinajstić information content (AvgIpc) is 2.63. The van der Waals surface area contributed by atoms with E-state index in [1.54, 1.807) is 12.1 Å². The standard InChI is InChI=1S/C10H15NO.C7H6O3.C2H6/c1-8(11-2)10(12)9-6-4-3-5-7-9;8-6-4-2-1-3-5(6)7(9)10;1-2/h3-8,10-12H,1-2H3;1-4,8H,(H,9,10);1-2H3. The molecule has 0 spiro atoms. The summed E-state index contributed by atoms with van der Waals surface area (Å²) in [5, 5.41) is 30.0. The number of rotatable bonds is 4. The van der Waals surface area contributed by atoms with Gasteiger partial charge in [0.25, 0.3) is 0 Å². The molecular weight excluding hydrogens is 306 g/mol. The van der Waals surface area contributed by atoms with Crippen LogP contribution in [0.1, 0.15) is 42.8 Å². The van der Waals surface area contributed by atoms with Gasteiger partial charge in [-0.2, -0.15) is 0 Å². The van der Waals surface area contributed by atoms with E-state index in [1.165, 1.54) is 12.1 Å². The Kier molecular flexibility index (Phi) is 10.9. The molecule has 0 amide bonds. The summed E-state index contributed by atoms with van der Waals surface area (Å²) in [5.74, 6) is -1.31. The van der Waals surface area contributed by atoms with Gasteiger partial charge >= 0.3 is 5.97 Å². The third-order valence-corrected chi connectivity index (χ3v) is 3.20. The van der Waals surface area contributed by atoms with E-state index in [0.717, 1.165) is 5.56 Å². The molecule has 24 heavy (non-hydrogen) atoms. The molecule has 0 bridgehead atoms. The lowest BCUT2D eigenvalue weighted by molar-refractivity contribution is 0.0693. The number of nitrogens with one attached hydrogen (secondary N) is 1. The van der Waals surface area contributed by atoms with E-state index in [9.17, 15) is 9.90 Å². The number of benzene rings is 2. The second-order valence-electron chi connectivity index (χ2n) is 4.76. The van der Waals surface area contributed by atoms with Crippen molar-refractivity contribution in [2.45, 2.75) is 32.9 Å². The van der Waals surface area contributed by atoms with Crippen molar-refractivity contribution in [3.05, 3.63) is 65.7 Å². The van der Waals surface area contributed by atoms with Gasteiger partial charge in [0.05, 0.1) is 6.10 Å². The number of hydrogen-bond donors (Lipinski definition) is 4. The van der Waals surface area contributed by atoms with Crippen LogP contribution in [0, 0.1) is 0 Å². The minimum absolute atomic E-state index is 0.0671. The van der Waals surface area contributed by atoms with Gasteiger partial charge in [0.1, 0.15) is 11.3 Å². The van der Waals surface area contributed by atoms with E-state index < -0.39 is 12.1 Å². The number of carboxylic acid groups (broad SMARTS) is 1. The summed E-state index contributed by atoms with van der Waals surface area (Å²) >= 11 is 0. The van der Waals surface area contributed by atoms with Crippen LogP contribution in [0.15, 0.2) is 54.6 Å². The molecule has 0 aliphatic carbocycles. The number of hydrogen-bond acceptors (Lipinski definition) is 4. The Bertz CT molecular complexity index is 587. The summed E-state index contributed by atoms with van der Waals surface area (Å²) in [5.41, 5.74) is 0.891. The van der Waals surface area contributed by atoms with Crippen molar-refractivity contribution in [3.8, 4) is 5.75 Å². The van der Waals surface area contributed by atoms with Crippen LogP contribution in [-0.4, -0.2) is 34.4 Å². The van der Waals surface area contributed by atoms with Crippen LogP contribution in [-0.2, 0) is 0 Å². The summed E-state index contributed by atoms with van der Waals surface area (Å²) in [4.78, 5) is 10.3. The number of para-hydroxylation sites is 1. The predicted octanol–water partition coefficient (Wildman–Crippen LogP) is 3.44. The van der Waals surface area contributed by atoms with Crippen LogP contribution in [0.5, 0.6) is 5.75 Å². The molecule has 0 fully saturated rings. The molecule has 0 saturated carbocycles. The van der Waals surface area contributed by atoms with E-state index >= 15 is 0 Å². The normalized spacial score (nSPS) is 11.9. The van der Waals surface area contributed by atoms with Crippen LogP contribution < -0.4 is 5.32 Å². The lowest BCUT2D eigenvalue weighted by Crippen LogP contribution is -2.28. The van der Waals surface area contributed by atoms with Gasteiger partial charge in [-0.15, -0.1) is 0 Å². The van der Waals surface area contributed by atoms with E-state index in [0.29, 0.717) is 0 Å². The fourth-order valence-corrected chi connectivity index (χ4v) is 1.75. The molecule has 0 heterocycles. The minimum Gasteiger partial charge on any atom is -0.507 e.